The zero-order valence-electron chi connectivity index (χ0n) is 13.9. The Morgan fingerprint density at radius 1 is 1.18 bits per heavy atom. The second-order valence-electron chi connectivity index (χ2n) is 7.09. The number of aryl methyl sites for hydroxylation is 1. The zero-order chi connectivity index (χ0) is 15.5. The number of piperidine rings is 1. The maximum atomic E-state index is 12.4. The number of hydrogen-bond donors (Lipinski definition) is 0. The summed E-state index contributed by atoms with van der Waals surface area (Å²) in [7, 11) is 2.01. The molecule has 3 heteroatoms. The van der Waals surface area contributed by atoms with Gasteiger partial charge in [0.15, 0.2) is 0 Å². The highest BCUT2D eigenvalue weighted by Gasteiger charge is 2.32. The maximum absolute atomic E-state index is 12.4. The van der Waals surface area contributed by atoms with E-state index in [1.165, 1.54) is 24.0 Å². The van der Waals surface area contributed by atoms with E-state index in [0.29, 0.717) is 17.9 Å². The summed E-state index contributed by atoms with van der Waals surface area (Å²) in [5, 5.41) is 0. The summed E-state index contributed by atoms with van der Waals surface area (Å²) < 4.78 is 0. The minimum atomic E-state index is 0.317. The van der Waals surface area contributed by atoms with Crippen molar-refractivity contribution in [1.29, 1.82) is 0 Å². The van der Waals surface area contributed by atoms with Crippen molar-refractivity contribution in [2.24, 2.45) is 5.92 Å². The molecule has 1 saturated carbocycles. The number of carbonyl (C=O) groups is 1. The van der Waals surface area contributed by atoms with Crippen LogP contribution in [-0.2, 0) is 11.3 Å². The first-order chi connectivity index (χ1) is 10.6. The number of carbonyl (C=O) groups excluding carboxylic acids is 1. The summed E-state index contributed by atoms with van der Waals surface area (Å²) in [5.74, 6) is 0.700. The highest BCUT2D eigenvalue weighted by atomic mass is 16.2. The fourth-order valence-corrected chi connectivity index (χ4v) is 3.57. The van der Waals surface area contributed by atoms with Gasteiger partial charge in [0.05, 0.1) is 0 Å². The van der Waals surface area contributed by atoms with Crippen molar-refractivity contribution in [3.05, 3.63) is 35.4 Å². The van der Waals surface area contributed by atoms with Crippen LogP contribution in [0.5, 0.6) is 0 Å². The molecule has 3 nitrogen and oxygen atoms in total. The molecule has 1 aromatic rings. The SMILES string of the molecule is Cc1ccc(CN2CCCC(N(C)C(=O)C3CCC3)C2)cc1. The van der Waals surface area contributed by atoms with Gasteiger partial charge in [0.1, 0.15) is 0 Å². The van der Waals surface area contributed by atoms with Crippen LogP contribution >= 0.6 is 0 Å². The summed E-state index contributed by atoms with van der Waals surface area (Å²) in [4.78, 5) is 17.0. The van der Waals surface area contributed by atoms with Crippen LogP contribution in [0, 0.1) is 12.8 Å². The Balaban J connectivity index is 1.56. The van der Waals surface area contributed by atoms with Crippen LogP contribution in [0.4, 0.5) is 0 Å². The van der Waals surface area contributed by atoms with Gasteiger partial charge in [-0.3, -0.25) is 9.69 Å². The predicted molar refractivity (Wildman–Crippen MR) is 89.6 cm³/mol. The number of hydrogen-bond acceptors (Lipinski definition) is 2. The Morgan fingerprint density at radius 3 is 2.55 bits per heavy atom. The molecule has 22 heavy (non-hydrogen) atoms. The maximum Gasteiger partial charge on any atom is 0.225 e. The molecule has 1 heterocycles. The Hall–Kier alpha value is -1.35. The van der Waals surface area contributed by atoms with Crippen LogP contribution in [0.15, 0.2) is 24.3 Å². The largest absolute Gasteiger partial charge is 0.341 e. The van der Waals surface area contributed by atoms with E-state index in [9.17, 15) is 4.79 Å². The molecule has 1 amide bonds. The third-order valence-corrected chi connectivity index (χ3v) is 5.36. The molecule has 0 radical (unpaired) electrons. The molecule has 1 saturated heterocycles. The molecule has 0 aromatic heterocycles. The molecule has 2 aliphatic rings. The standard InChI is InChI=1S/C19H28N2O/c1-15-8-10-16(11-9-15)13-21-12-4-7-18(14-21)20(2)19(22)17-5-3-6-17/h8-11,17-18H,3-7,12-14H2,1-2H3. The van der Waals surface area contributed by atoms with Crippen LogP contribution in [0.3, 0.4) is 0 Å². The van der Waals surface area contributed by atoms with E-state index in [0.717, 1.165) is 38.9 Å². The molecule has 1 aliphatic heterocycles. The normalized spacial score (nSPS) is 23.1. The summed E-state index contributed by atoms with van der Waals surface area (Å²) in [6, 6.07) is 9.21. The summed E-state index contributed by atoms with van der Waals surface area (Å²) in [6.07, 6.45) is 5.78. The van der Waals surface area contributed by atoms with Crippen molar-refractivity contribution in [3.63, 3.8) is 0 Å². The van der Waals surface area contributed by atoms with E-state index in [1.807, 2.05) is 11.9 Å². The number of likely N-dealkylation sites (N-methyl/N-ethyl adjacent to an activating group) is 1. The number of benzene rings is 1. The lowest BCUT2D eigenvalue weighted by Crippen LogP contribution is -2.50. The van der Waals surface area contributed by atoms with Crippen molar-refractivity contribution in [2.75, 3.05) is 20.1 Å². The van der Waals surface area contributed by atoms with Crippen LogP contribution in [-0.4, -0.2) is 41.9 Å². The molecule has 1 atom stereocenters. The van der Waals surface area contributed by atoms with Crippen molar-refractivity contribution < 1.29 is 4.79 Å². The highest BCUT2D eigenvalue weighted by molar-refractivity contribution is 5.79. The lowest BCUT2D eigenvalue weighted by atomic mass is 9.84. The summed E-state index contributed by atoms with van der Waals surface area (Å²) in [5.41, 5.74) is 2.69. The molecule has 3 rings (SSSR count). The fourth-order valence-electron chi connectivity index (χ4n) is 3.57. The average molecular weight is 300 g/mol. The van der Waals surface area contributed by atoms with Gasteiger partial charge < -0.3 is 4.90 Å². The minimum absolute atomic E-state index is 0.317. The zero-order valence-corrected chi connectivity index (χ0v) is 13.9. The molecule has 0 bridgehead atoms. The number of likely N-dealkylation sites (tertiary alicyclic amines) is 1. The third-order valence-electron chi connectivity index (χ3n) is 5.36. The van der Waals surface area contributed by atoms with E-state index in [-0.39, 0.29) is 0 Å². The molecule has 1 aromatic carbocycles. The fraction of sp³-hybridized carbons (Fsp3) is 0.632. The minimum Gasteiger partial charge on any atom is -0.341 e. The first kappa shape index (κ1) is 15.5. The van der Waals surface area contributed by atoms with Crippen molar-refractivity contribution in [3.8, 4) is 0 Å². The average Bonchev–Trinajstić information content (AvgIpc) is 2.47. The van der Waals surface area contributed by atoms with Gasteiger partial charge in [-0.25, -0.2) is 0 Å². The number of amides is 1. The van der Waals surface area contributed by atoms with E-state index < -0.39 is 0 Å². The van der Waals surface area contributed by atoms with Crippen LogP contribution in [0.2, 0.25) is 0 Å². The lowest BCUT2D eigenvalue weighted by molar-refractivity contribution is -0.140. The second kappa shape index (κ2) is 6.82. The van der Waals surface area contributed by atoms with Crippen molar-refractivity contribution in [2.45, 2.75) is 51.6 Å². The van der Waals surface area contributed by atoms with Crippen LogP contribution < -0.4 is 0 Å². The smallest absolute Gasteiger partial charge is 0.225 e. The summed E-state index contributed by atoms with van der Waals surface area (Å²) in [6.45, 7) is 5.29. The van der Waals surface area contributed by atoms with Gasteiger partial charge in [-0.15, -0.1) is 0 Å². The van der Waals surface area contributed by atoms with E-state index >= 15 is 0 Å². The Labute approximate surface area is 134 Å². The Bertz CT molecular complexity index is 507. The lowest BCUT2D eigenvalue weighted by Gasteiger charge is -2.40. The molecular weight excluding hydrogens is 272 g/mol. The van der Waals surface area contributed by atoms with Gasteiger partial charge >= 0.3 is 0 Å². The summed E-state index contributed by atoms with van der Waals surface area (Å²) >= 11 is 0. The molecule has 1 aliphatic carbocycles. The van der Waals surface area contributed by atoms with Gasteiger partial charge in [-0.05, 0) is 44.7 Å². The molecular formula is C19H28N2O. The molecule has 0 N–H and O–H groups in total. The Kier molecular flexibility index (Phi) is 4.82. The number of nitrogens with zero attached hydrogens (tertiary/aromatic N) is 2. The monoisotopic (exact) mass is 300 g/mol. The van der Waals surface area contributed by atoms with Crippen molar-refractivity contribution in [1.82, 2.24) is 9.80 Å². The first-order valence-corrected chi connectivity index (χ1v) is 8.68. The van der Waals surface area contributed by atoms with Gasteiger partial charge in [0, 0.05) is 32.1 Å². The van der Waals surface area contributed by atoms with Gasteiger partial charge in [0.25, 0.3) is 0 Å². The number of rotatable bonds is 4. The van der Waals surface area contributed by atoms with E-state index in [2.05, 4.69) is 36.1 Å². The van der Waals surface area contributed by atoms with E-state index in [4.69, 9.17) is 0 Å². The second-order valence-corrected chi connectivity index (χ2v) is 7.09. The van der Waals surface area contributed by atoms with Crippen LogP contribution in [0.1, 0.15) is 43.2 Å². The highest BCUT2D eigenvalue weighted by Crippen LogP contribution is 2.29. The molecule has 0 spiro atoms. The first-order valence-electron chi connectivity index (χ1n) is 8.68. The van der Waals surface area contributed by atoms with Crippen molar-refractivity contribution >= 4 is 5.91 Å². The van der Waals surface area contributed by atoms with Crippen LogP contribution in [0.25, 0.3) is 0 Å². The molecule has 2 fully saturated rings. The quantitative estimate of drug-likeness (QED) is 0.852. The molecule has 120 valence electrons. The molecule has 1 unspecified atom stereocenters. The topological polar surface area (TPSA) is 23.6 Å². The Morgan fingerprint density at radius 2 is 1.91 bits per heavy atom. The van der Waals surface area contributed by atoms with E-state index in [1.54, 1.807) is 0 Å². The predicted octanol–water partition coefficient (Wildman–Crippen LogP) is 3.22. The van der Waals surface area contributed by atoms with Gasteiger partial charge in [-0.1, -0.05) is 36.2 Å². The van der Waals surface area contributed by atoms with Gasteiger partial charge in [0.2, 0.25) is 5.91 Å². The third kappa shape index (κ3) is 3.52. The van der Waals surface area contributed by atoms with Gasteiger partial charge in [-0.2, -0.15) is 0 Å².